The number of aromatic nitrogens is 1. The van der Waals surface area contributed by atoms with E-state index in [1.807, 2.05) is 54.1 Å². The molecule has 22 heavy (non-hydrogen) atoms. The lowest BCUT2D eigenvalue weighted by molar-refractivity contribution is 0.0943. The van der Waals surface area contributed by atoms with Crippen LogP contribution in [-0.4, -0.2) is 10.5 Å². The van der Waals surface area contributed by atoms with Crippen molar-refractivity contribution >= 4 is 40.0 Å². The zero-order chi connectivity index (χ0) is 15.7. The molecule has 0 aliphatic rings. The van der Waals surface area contributed by atoms with Gasteiger partial charge in [-0.05, 0) is 35.9 Å². The molecule has 0 fully saturated rings. The molecule has 0 radical (unpaired) electrons. The summed E-state index contributed by atoms with van der Waals surface area (Å²) in [5.74, 6) is -0.130. The van der Waals surface area contributed by atoms with Crippen LogP contribution in [0.15, 0.2) is 48.5 Å². The normalized spacial score (nSPS) is 10.9. The minimum Gasteiger partial charge on any atom is -0.347 e. The van der Waals surface area contributed by atoms with E-state index in [1.54, 1.807) is 6.07 Å². The van der Waals surface area contributed by atoms with Gasteiger partial charge in [-0.1, -0.05) is 41.4 Å². The Morgan fingerprint density at radius 1 is 1.09 bits per heavy atom. The Morgan fingerprint density at radius 2 is 1.86 bits per heavy atom. The first-order valence-corrected chi connectivity index (χ1v) is 7.58. The first kappa shape index (κ1) is 14.9. The molecule has 2 aromatic carbocycles. The summed E-state index contributed by atoms with van der Waals surface area (Å²) >= 11 is 12.0. The third-order valence-corrected chi connectivity index (χ3v) is 4.05. The Morgan fingerprint density at radius 3 is 2.64 bits per heavy atom. The number of nitrogens with zero attached hydrogens (tertiary/aromatic N) is 1. The van der Waals surface area contributed by atoms with E-state index in [9.17, 15) is 4.79 Å². The predicted octanol–water partition coefficient (Wildman–Crippen LogP) is 4.42. The quantitative estimate of drug-likeness (QED) is 0.757. The Labute approximate surface area is 138 Å². The second-order valence-electron chi connectivity index (χ2n) is 5.10. The Kier molecular flexibility index (Phi) is 4.10. The number of rotatable bonds is 3. The second-order valence-corrected chi connectivity index (χ2v) is 5.98. The number of halogens is 2. The minimum atomic E-state index is -0.130. The van der Waals surface area contributed by atoms with Gasteiger partial charge in [0.25, 0.3) is 5.91 Å². The van der Waals surface area contributed by atoms with Crippen LogP contribution in [0.5, 0.6) is 0 Å². The smallest absolute Gasteiger partial charge is 0.268 e. The molecule has 0 saturated heterocycles. The highest BCUT2D eigenvalue weighted by molar-refractivity contribution is 6.31. The van der Waals surface area contributed by atoms with Crippen molar-refractivity contribution in [2.45, 2.75) is 6.54 Å². The van der Waals surface area contributed by atoms with E-state index in [1.165, 1.54) is 0 Å². The van der Waals surface area contributed by atoms with Crippen LogP contribution in [0.2, 0.25) is 10.0 Å². The van der Waals surface area contributed by atoms with E-state index in [0.29, 0.717) is 22.3 Å². The fourth-order valence-electron chi connectivity index (χ4n) is 2.44. The van der Waals surface area contributed by atoms with Crippen LogP contribution in [0.1, 0.15) is 16.1 Å². The molecule has 3 aromatic rings. The third-order valence-electron chi connectivity index (χ3n) is 3.58. The van der Waals surface area contributed by atoms with Crippen molar-refractivity contribution in [3.8, 4) is 0 Å². The van der Waals surface area contributed by atoms with Crippen molar-refractivity contribution in [3.05, 3.63) is 69.8 Å². The summed E-state index contributed by atoms with van der Waals surface area (Å²) < 4.78 is 1.84. The molecule has 1 heterocycles. The van der Waals surface area contributed by atoms with Crippen molar-refractivity contribution in [2.75, 3.05) is 0 Å². The van der Waals surface area contributed by atoms with Gasteiger partial charge >= 0.3 is 0 Å². The highest BCUT2D eigenvalue weighted by Crippen LogP contribution is 2.22. The lowest BCUT2D eigenvalue weighted by Crippen LogP contribution is -2.24. The zero-order valence-electron chi connectivity index (χ0n) is 11.9. The monoisotopic (exact) mass is 332 g/mol. The van der Waals surface area contributed by atoms with Crippen molar-refractivity contribution in [1.29, 1.82) is 0 Å². The lowest BCUT2D eigenvalue weighted by Gasteiger charge is -2.07. The van der Waals surface area contributed by atoms with E-state index >= 15 is 0 Å². The molecular weight excluding hydrogens is 319 g/mol. The van der Waals surface area contributed by atoms with Crippen LogP contribution in [0.3, 0.4) is 0 Å². The lowest BCUT2D eigenvalue weighted by atomic mass is 10.2. The van der Waals surface area contributed by atoms with Gasteiger partial charge in [0.2, 0.25) is 0 Å². The molecule has 3 nitrogen and oxygen atoms in total. The first-order valence-electron chi connectivity index (χ1n) is 6.82. The maximum absolute atomic E-state index is 12.4. The van der Waals surface area contributed by atoms with Gasteiger partial charge in [0.1, 0.15) is 5.69 Å². The molecule has 0 atom stereocenters. The van der Waals surface area contributed by atoms with Gasteiger partial charge in [-0.15, -0.1) is 0 Å². The molecule has 5 heteroatoms. The summed E-state index contributed by atoms with van der Waals surface area (Å²) in [6, 6.07) is 14.9. The van der Waals surface area contributed by atoms with E-state index < -0.39 is 0 Å². The van der Waals surface area contributed by atoms with Crippen LogP contribution in [0.25, 0.3) is 10.9 Å². The van der Waals surface area contributed by atoms with Crippen molar-refractivity contribution in [3.63, 3.8) is 0 Å². The predicted molar refractivity (Wildman–Crippen MR) is 90.6 cm³/mol. The number of nitrogens with one attached hydrogen (secondary N) is 1. The number of carbonyl (C=O) groups excluding carboxylic acids is 1. The van der Waals surface area contributed by atoms with Gasteiger partial charge in [0.15, 0.2) is 0 Å². The number of fused-ring (bicyclic) bond motifs is 1. The molecule has 0 spiro atoms. The molecule has 3 rings (SSSR count). The molecule has 0 saturated carbocycles. The molecule has 0 aliphatic carbocycles. The van der Waals surface area contributed by atoms with E-state index in [4.69, 9.17) is 23.2 Å². The number of carbonyl (C=O) groups is 1. The standard InChI is InChI=1S/C17H14Cl2N2O/c1-21-15-9-14(19)6-5-12(15)8-16(21)17(22)20-10-11-3-2-4-13(18)7-11/h2-9H,10H2,1H3,(H,20,22). The van der Waals surface area contributed by atoms with E-state index in [0.717, 1.165) is 16.5 Å². The fraction of sp³-hybridized carbons (Fsp3) is 0.118. The average Bonchev–Trinajstić information content (AvgIpc) is 2.82. The fourth-order valence-corrected chi connectivity index (χ4v) is 2.82. The van der Waals surface area contributed by atoms with Crippen LogP contribution in [0, 0.1) is 0 Å². The SMILES string of the molecule is Cn1c(C(=O)NCc2cccc(Cl)c2)cc2ccc(Cl)cc21. The van der Waals surface area contributed by atoms with E-state index in [2.05, 4.69) is 5.32 Å². The topological polar surface area (TPSA) is 34.0 Å². The van der Waals surface area contributed by atoms with Crippen LogP contribution in [0.4, 0.5) is 0 Å². The molecular formula is C17H14Cl2N2O. The number of amides is 1. The molecule has 1 aromatic heterocycles. The Bertz CT molecular complexity index is 855. The minimum absolute atomic E-state index is 0.130. The number of hydrogen-bond donors (Lipinski definition) is 1. The molecule has 0 aliphatic heterocycles. The summed E-state index contributed by atoms with van der Waals surface area (Å²) in [5.41, 5.74) is 2.49. The van der Waals surface area contributed by atoms with Gasteiger partial charge in [-0.25, -0.2) is 0 Å². The van der Waals surface area contributed by atoms with Gasteiger partial charge < -0.3 is 9.88 Å². The zero-order valence-corrected chi connectivity index (χ0v) is 13.4. The van der Waals surface area contributed by atoms with Crippen molar-refractivity contribution in [2.24, 2.45) is 7.05 Å². The molecule has 0 unspecified atom stereocenters. The molecule has 1 amide bonds. The van der Waals surface area contributed by atoms with Gasteiger partial charge in [0.05, 0.1) is 0 Å². The Hall–Kier alpha value is -1.97. The Balaban J connectivity index is 1.82. The van der Waals surface area contributed by atoms with Gasteiger partial charge in [-0.3, -0.25) is 4.79 Å². The average molecular weight is 333 g/mol. The van der Waals surface area contributed by atoms with Crippen LogP contribution in [-0.2, 0) is 13.6 Å². The summed E-state index contributed by atoms with van der Waals surface area (Å²) in [5, 5.41) is 5.20. The maximum Gasteiger partial charge on any atom is 0.268 e. The van der Waals surface area contributed by atoms with Gasteiger partial charge in [0, 0.05) is 34.5 Å². The molecule has 0 bridgehead atoms. The largest absolute Gasteiger partial charge is 0.347 e. The second kappa shape index (κ2) is 6.03. The molecule has 112 valence electrons. The highest BCUT2D eigenvalue weighted by Gasteiger charge is 2.13. The van der Waals surface area contributed by atoms with Crippen molar-refractivity contribution < 1.29 is 4.79 Å². The van der Waals surface area contributed by atoms with Crippen molar-refractivity contribution in [1.82, 2.24) is 9.88 Å². The summed E-state index contributed by atoms with van der Waals surface area (Å²) in [6.45, 7) is 0.432. The summed E-state index contributed by atoms with van der Waals surface area (Å²) in [4.78, 5) is 12.4. The summed E-state index contributed by atoms with van der Waals surface area (Å²) in [6.07, 6.45) is 0. The van der Waals surface area contributed by atoms with E-state index in [-0.39, 0.29) is 5.91 Å². The third kappa shape index (κ3) is 2.96. The van der Waals surface area contributed by atoms with Crippen LogP contribution < -0.4 is 5.32 Å². The first-order chi connectivity index (χ1) is 10.5. The molecule has 1 N–H and O–H groups in total. The number of hydrogen-bond acceptors (Lipinski definition) is 1. The summed E-state index contributed by atoms with van der Waals surface area (Å²) in [7, 11) is 1.85. The number of aryl methyl sites for hydroxylation is 1. The van der Waals surface area contributed by atoms with Crippen LogP contribution >= 0.6 is 23.2 Å². The maximum atomic E-state index is 12.4. The number of benzene rings is 2. The van der Waals surface area contributed by atoms with Gasteiger partial charge in [-0.2, -0.15) is 0 Å². The highest BCUT2D eigenvalue weighted by atomic mass is 35.5.